The molecule has 0 unspecified atom stereocenters. The van der Waals surface area contributed by atoms with Gasteiger partial charge in [-0.1, -0.05) is 6.58 Å². The van der Waals surface area contributed by atoms with Gasteiger partial charge in [0.25, 0.3) is 0 Å². The van der Waals surface area contributed by atoms with Gasteiger partial charge in [-0.25, -0.2) is 4.79 Å². The van der Waals surface area contributed by atoms with Crippen LogP contribution < -0.4 is 0 Å². The van der Waals surface area contributed by atoms with Crippen molar-refractivity contribution in [3.05, 3.63) is 12.2 Å². The summed E-state index contributed by atoms with van der Waals surface area (Å²) in [7, 11) is -0.00378. The van der Waals surface area contributed by atoms with Crippen molar-refractivity contribution in [2.24, 2.45) is 0 Å². The standard InChI is InChI=1S/C6H9O3P/c1-5(2)6(7)9-3-4-10-8/h1,3-4H2,2H3. The van der Waals surface area contributed by atoms with Gasteiger partial charge in [0.1, 0.15) is 6.61 Å². The van der Waals surface area contributed by atoms with E-state index in [0.29, 0.717) is 11.7 Å². The Morgan fingerprint density at radius 3 is 2.70 bits per heavy atom. The Balaban J connectivity index is 3.40. The number of rotatable bonds is 4. The lowest BCUT2D eigenvalue weighted by Crippen LogP contribution is -2.06. The van der Waals surface area contributed by atoms with Crippen molar-refractivity contribution in [1.29, 1.82) is 0 Å². The lowest BCUT2D eigenvalue weighted by Gasteiger charge is -1.98. The maximum absolute atomic E-state index is 10.6. The Kier molecular flexibility index (Phi) is 4.77. The SMILES string of the molecule is C=C(C)C(=O)OCCP=O. The molecule has 0 aliphatic rings. The molecule has 0 fully saturated rings. The molecule has 0 aromatic carbocycles. The second-order valence-electron chi connectivity index (χ2n) is 1.77. The van der Waals surface area contributed by atoms with Crippen molar-refractivity contribution in [1.82, 2.24) is 0 Å². The molecule has 0 aliphatic heterocycles. The van der Waals surface area contributed by atoms with Crippen molar-refractivity contribution in [3.63, 3.8) is 0 Å². The van der Waals surface area contributed by atoms with Gasteiger partial charge in [0.2, 0.25) is 0 Å². The van der Waals surface area contributed by atoms with Gasteiger partial charge in [-0.05, 0) is 6.92 Å². The summed E-state index contributed by atoms with van der Waals surface area (Å²) in [6, 6.07) is 0. The summed E-state index contributed by atoms with van der Waals surface area (Å²) in [5.74, 6) is -0.427. The average molecular weight is 160 g/mol. The minimum Gasteiger partial charge on any atom is -0.462 e. The molecule has 0 radical (unpaired) electrons. The fourth-order valence-electron chi connectivity index (χ4n) is 0.299. The van der Waals surface area contributed by atoms with Crippen LogP contribution in [0.25, 0.3) is 0 Å². The van der Waals surface area contributed by atoms with Gasteiger partial charge in [0, 0.05) is 5.57 Å². The molecule has 0 aliphatic carbocycles. The van der Waals surface area contributed by atoms with Crippen LogP contribution in [0.3, 0.4) is 0 Å². The number of esters is 1. The number of ether oxygens (including phenoxy) is 1. The first-order valence-corrected chi connectivity index (χ1v) is 3.80. The summed E-state index contributed by atoms with van der Waals surface area (Å²) in [6.07, 6.45) is 0.346. The fraction of sp³-hybridized carbons (Fsp3) is 0.500. The largest absolute Gasteiger partial charge is 0.462 e. The lowest BCUT2D eigenvalue weighted by atomic mass is 10.4. The van der Waals surface area contributed by atoms with E-state index in [4.69, 9.17) is 0 Å². The molecule has 0 N–H and O–H groups in total. The Labute approximate surface area is 61.3 Å². The van der Waals surface area contributed by atoms with E-state index in [2.05, 4.69) is 11.3 Å². The molecule has 0 aromatic heterocycles. The molecule has 0 heterocycles. The van der Waals surface area contributed by atoms with Gasteiger partial charge >= 0.3 is 5.97 Å². The van der Waals surface area contributed by atoms with Crippen LogP contribution in [0, 0.1) is 0 Å². The van der Waals surface area contributed by atoms with E-state index in [-0.39, 0.29) is 15.1 Å². The molecular weight excluding hydrogens is 151 g/mol. The highest BCUT2D eigenvalue weighted by atomic mass is 31.1. The summed E-state index contributed by atoms with van der Waals surface area (Å²) in [6.45, 7) is 5.14. The molecule has 0 aromatic rings. The highest BCUT2D eigenvalue weighted by molar-refractivity contribution is 7.23. The third-order valence-corrected chi connectivity index (χ3v) is 1.13. The second-order valence-corrected chi connectivity index (χ2v) is 2.47. The number of hydrogen-bond acceptors (Lipinski definition) is 3. The van der Waals surface area contributed by atoms with E-state index in [1.165, 1.54) is 0 Å². The quantitative estimate of drug-likeness (QED) is 0.270. The normalized spacial score (nSPS) is 9.30. The maximum Gasteiger partial charge on any atom is 0.333 e. The van der Waals surface area contributed by atoms with Crippen LogP contribution in [0.4, 0.5) is 0 Å². The van der Waals surface area contributed by atoms with Crippen molar-refractivity contribution >= 4 is 14.4 Å². The maximum atomic E-state index is 10.6. The molecule has 4 heteroatoms. The number of carbonyl (C=O) groups excluding carboxylic acids is 1. The Bertz CT molecular complexity index is 153. The van der Waals surface area contributed by atoms with Crippen LogP contribution in [-0.4, -0.2) is 18.7 Å². The Hall–Kier alpha value is -0.690. The minimum atomic E-state index is -0.427. The fourth-order valence-corrected chi connectivity index (χ4v) is 0.465. The van der Waals surface area contributed by atoms with Gasteiger partial charge in [-0.15, -0.1) is 0 Å². The van der Waals surface area contributed by atoms with E-state index < -0.39 is 5.97 Å². The van der Waals surface area contributed by atoms with Gasteiger partial charge in [-0.2, -0.15) is 0 Å². The molecule has 0 spiro atoms. The predicted octanol–water partition coefficient (Wildman–Crippen LogP) is 1.40. The average Bonchev–Trinajstić information content (AvgIpc) is 1.88. The van der Waals surface area contributed by atoms with E-state index >= 15 is 0 Å². The van der Waals surface area contributed by atoms with Crippen molar-refractivity contribution in [2.75, 3.05) is 12.8 Å². The summed E-state index contributed by atoms with van der Waals surface area (Å²) >= 11 is 0. The molecular formula is C6H9O3P. The van der Waals surface area contributed by atoms with Crippen molar-refractivity contribution < 1.29 is 14.1 Å². The summed E-state index contributed by atoms with van der Waals surface area (Å²) < 4.78 is 14.4. The molecule has 0 atom stereocenters. The van der Waals surface area contributed by atoms with Gasteiger partial charge in [-0.3, -0.25) is 4.57 Å². The molecule has 0 rings (SSSR count). The van der Waals surface area contributed by atoms with Crippen LogP contribution in [0.15, 0.2) is 12.2 Å². The Morgan fingerprint density at radius 2 is 2.30 bits per heavy atom. The molecule has 10 heavy (non-hydrogen) atoms. The summed E-state index contributed by atoms with van der Waals surface area (Å²) in [5.41, 5.74) is 0.363. The van der Waals surface area contributed by atoms with E-state index in [1.807, 2.05) is 0 Å². The van der Waals surface area contributed by atoms with Crippen LogP contribution in [0.2, 0.25) is 0 Å². The zero-order valence-corrected chi connectivity index (χ0v) is 6.69. The van der Waals surface area contributed by atoms with Crippen LogP contribution in [0.5, 0.6) is 0 Å². The first-order valence-electron chi connectivity index (χ1n) is 2.80. The summed E-state index contributed by atoms with van der Waals surface area (Å²) in [4.78, 5) is 10.6. The smallest absolute Gasteiger partial charge is 0.333 e. The van der Waals surface area contributed by atoms with Gasteiger partial charge in [0.05, 0.1) is 6.16 Å². The first-order chi connectivity index (χ1) is 4.68. The van der Waals surface area contributed by atoms with Gasteiger partial charge < -0.3 is 4.74 Å². The zero-order valence-electron chi connectivity index (χ0n) is 5.79. The van der Waals surface area contributed by atoms with Crippen LogP contribution >= 0.6 is 8.46 Å². The molecule has 0 bridgehead atoms. The monoisotopic (exact) mass is 160 g/mol. The van der Waals surface area contributed by atoms with E-state index in [1.54, 1.807) is 6.92 Å². The van der Waals surface area contributed by atoms with Gasteiger partial charge in [0.15, 0.2) is 8.46 Å². The highest BCUT2D eigenvalue weighted by Crippen LogP contribution is 1.94. The number of carbonyl (C=O) groups is 1. The van der Waals surface area contributed by atoms with E-state index in [9.17, 15) is 9.36 Å². The predicted molar refractivity (Wildman–Crippen MR) is 38.2 cm³/mol. The molecule has 0 saturated heterocycles. The topological polar surface area (TPSA) is 43.4 Å². The number of hydrogen-bond donors (Lipinski definition) is 0. The van der Waals surface area contributed by atoms with E-state index in [0.717, 1.165) is 0 Å². The summed E-state index contributed by atoms with van der Waals surface area (Å²) in [5, 5.41) is 0. The van der Waals surface area contributed by atoms with Crippen molar-refractivity contribution in [2.45, 2.75) is 6.92 Å². The lowest BCUT2D eigenvalue weighted by molar-refractivity contribution is -0.138. The molecule has 56 valence electrons. The molecule has 3 nitrogen and oxygen atoms in total. The third-order valence-electron chi connectivity index (χ3n) is 0.764. The highest BCUT2D eigenvalue weighted by Gasteiger charge is 2.00. The Morgan fingerprint density at radius 1 is 1.70 bits per heavy atom. The third kappa shape index (κ3) is 4.21. The molecule has 0 amide bonds. The van der Waals surface area contributed by atoms with Crippen LogP contribution in [0.1, 0.15) is 6.92 Å². The second kappa shape index (κ2) is 5.12. The first kappa shape index (κ1) is 9.31. The van der Waals surface area contributed by atoms with Crippen LogP contribution in [-0.2, 0) is 14.1 Å². The zero-order chi connectivity index (χ0) is 7.98. The molecule has 0 saturated carbocycles. The minimum absolute atomic E-state index is 0.00378. The van der Waals surface area contributed by atoms with Crippen molar-refractivity contribution in [3.8, 4) is 0 Å².